The molecule has 1 nitrogen and oxygen atoms in total. The van der Waals surface area contributed by atoms with Gasteiger partial charge in [0.1, 0.15) is 0 Å². The maximum atomic E-state index is 3.43. The molecule has 0 saturated heterocycles. The monoisotopic (exact) mass is 233 g/mol. The molecule has 2 heteroatoms. The van der Waals surface area contributed by atoms with Crippen LogP contribution >= 0.6 is 11.3 Å². The minimum absolute atomic E-state index is 0.246. The lowest BCUT2D eigenvalue weighted by Gasteiger charge is -2.29. The lowest BCUT2D eigenvalue weighted by molar-refractivity contribution is 0.291. The largest absolute Gasteiger partial charge is 0.312 e. The number of fused-ring (bicyclic) bond motifs is 1. The average Bonchev–Trinajstić information content (AvgIpc) is 2.59. The topological polar surface area (TPSA) is 12.0 Å². The van der Waals surface area contributed by atoms with Crippen LogP contribution < -0.4 is 5.32 Å². The predicted octanol–water partition coefficient (Wildman–Crippen LogP) is 4.21. The summed E-state index contributed by atoms with van der Waals surface area (Å²) < 4.78 is 1.38. The van der Waals surface area contributed by atoms with Crippen LogP contribution in [0.4, 0.5) is 0 Å². The molecule has 16 heavy (non-hydrogen) atoms. The first-order valence-electron chi connectivity index (χ1n) is 5.68. The minimum atomic E-state index is 0.246. The average molecular weight is 233 g/mol. The molecule has 0 aliphatic heterocycles. The molecular weight excluding hydrogens is 214 g/mol. The molecule has 0 amide bonds. The summed E-state index contributed by atoms with van der Waals surface area (Å²) in [6.45, 7) is 6.83. The van der Waals surface area contributed by atoms with Gasteiger partial charge in [0.2, 0.25) is 0 Å². The van der Waals surface area contributed by atoms with Gasteiger partial charge < -0.3 is 5.32 Å². The van der Waals surface area contributed by atoms with Crippen molar-refractivity contribution in [3.63, 3.8) is 0 Å². The fourth-order valence-electron chi connectivity index (χ4n) is 2.15. The fraction of sp³-hybridized carbons (Fsp3) is 0.429. The van der Waals surface area contributed by atoms with Crippen LogP contribution in [0, 0.1) is 5.41 Å². The smallest absolute Gasteiger partial charge is 0.0462 e. The molecule has 0 saturated carbocycles. The van der Waals surface area contributed by atoms with Gasteiger partial charge in [-0.25, -0.2) is 0 Å². The Morgan fingerprint density at radius 1 is 1.19 bits per heavy atom. The van der Waals surface area contributed by atoms with Crippen molar-refractivity contribution in [3.05, 3.63) is 35.2 Å². The molecular formula is C14H19NS. The molecule has 1 aromatic carbocycles. The number of nitrogens with one attached hydrogen (secondary N) is 1. The van der Waals surface area contributed by atoms with Crippen molar-refractivity contribution < 1.29 is 0 Å². The Bertz CT molecular complexity index is 446. The van der Waals surface area contributed by atoms with E-state index in [0.717, 1.165) is 0 Å². The molecule has 2 aromatic rings. The van der Waals surface area contributed by atoms with E-state index in [1.54, 1.807) is 0 Å². The molecule has 0 bridgehead atoms. The first kappa shape index (κ1) is 11.6. The van der Waals surface area contributed by atoms with Crippen LogP contribution in [-0.2, 0) is 0 Å². The van der Waals surface area contributed by atoms with Gasteiger partial charge in [0.05, 0.1) is 0 Å². The third-order valence-corrected chi connectivity index (χ3v) is 4.06. The van der Waals surface area contributed by atoms with Crippen molar-refractivity contribution in [1.82, 2.24) is 5.32 Å². The molecule has 1 atom stereocenters. The summed E-state index contributed by atoms with van der Waals surface area (Å²) in [6, 6.07) is 11.3. The highest BCUT2D eigenvalue weighted by Gasteiger charge is 2.25. The number of thiophene rings is 1. The van der Waals surface area contributed by atoms with Gasteiger partial charge in [-0.05, 0) is 30.0 Å². The molecule has 0 fully saturated rings. The maximum Gasteiger partial charge on any atom is 0.0462 e. The van der Waals surface area contributed by atoms with E-state index in [9.17, 15) is 0 Å². The highest BCUT2D eigenvalue weighted by molar-refractivity contribution is 7.19. The van der Waals surface area contributed by atoms with Crippen LogP contribution in [0.1, 0.15) is 31.7 Å². The predicted molar refractivity (Wildman–Crippen MR) is 73.1 cm³/mol. The van der Waals surface area contributed by atoms with E-state index in [1.165, 1.54) is 15.0 Å². The van der Waals surface area contributed by atoms with Crippen LogP contribution in [0.2, 0.25) is 0 Å². The molecule has 2 rings (SSSR count). The van der Waals surface area contributed by atoms with E-state index >= 15 is 0 Å². The van der Waals surface area contributed by atoms with E-state index in [4.69, 9.17) is 0 Å². The number of hydrogen-bond acceptors (Lipinski definition) is 2. The second-order valence-corrected chi connectivity index (χ2v) is 6.39. The Balaban J connectivity index is 2.46. The third-order valence-electron chi connectivity index (χ3n) is 2.88. The zero-order valence-corrected chi connectivity index (χ0v) is 11.2. The van der Waals surface area contributed by atoms with Crippen molar-refractivity contribution in [1.29, 1.82) is 0 Å². The minimum Gasteiger partial charge on any atom is -0.312 e. The van der Waals surface area contributed by atoms with E-state index in [0.29, 0.717) is 6.04 Å². The van der Waals surface area contributed by atoms with E-state index in [-0.39, 0.29) is 5.41 Å². The third kappa shape index (κ3) is 2.13. The first-order valence-corrected chi connectivity index (χ1v) is 6.50. The second kappa shape index (κ2) is 4.19. The molecule has 0 aliphatic rings. The van der Waals surface area contributed by atoms with Crippen molar-refractivity contribution in [3.8, 4) is 0 Å². The van der Waals surface area contributed by atoms with E-state index < -0.39 is 0 Å². The summed E-state index contributed by atoms with van der Waals surface area (Å²) in [5.41, 5.74) is 0.246. The quantitative estimate of drug-likeness (QED) is 0.819. The molecule has 0 spiro atoms. The Hall–Kier alpha value is -0.860. The molecule has 0 radical (unpaired) electrons. The van der Waals surface area contributed by atoms with Gasteiger partial charge in [0.25, 0.3) is 0 Å². The highest BCUT2D eigenvalue weighted by Crippen LogP contribution is 2.38. The van der Waals surface area contributed by atoms with Gasteiger partial charge in [-0.1, -0.05) is 39.0 Å². The SMILES string of the molecule is CNC(c1cc2ccccc2s1)C(C)(C)C. The molecule has 1 N–H and O–H groups in total. The molecule has 1 heterocycles. The maximum absolute atomic E-state index is 3.43. The van der Waals surface area contributed by atoms with Gasteiger partial charge >= 0.3 is 0 Å². The summed E-state index contributed by atoms with van der Waals surface area (Å²) in [5.74, 6) is 0. The fourth-order valence-corrected chi connectivity index (χ4v) is 3.57. The molecule has 1 unspecified atom stereocenters. The van der Waals surface area contributed by atoms with Gasteiger partial charge in [-0.2, -0.15) is 0 Å². The number of benzene rings is 1. The molecule has 86 valence electrons. The van der Waals surface area contributed by atoms with Crippen LogP contribution in [0.15, 0.2) is 30.3 Å². The van der Waals surface area contributed by atoms with Crippen molar-refractivity contribution >= 4 is 21.4 Å². The van der Waals surface area contributed by atoms with Crippen LogP contribution in [0.25, 0.3) is 10.1 Å². The Morgan fingerprint density at radius 3 is 2.44 bits per heavy atom. The van der Waals surface area contributed by atoms with Crippen LogP contribution in [0.3, 0.4) is 0 Å². The van der Waals surface area contributed by atoms with Crippen molar-refractivity contribution in [2.45, 2.75) is 26.8 Å². The Morgan fingerprint density at radius 2 is 1.88 bits per heavy atom. The number of rotatable bonds is 2. The second-order valence-electron chi connectivity index (χ2n) is 5.27. The highest BCUT2D eigenvalue weighted by atomic mass is 32.1. The lowest BCUT2D eigenvalue weighted by Crippen LogP contribution is -2.28. The Kier molecular flexibility index (Phi) is 3.04. The van der Waals surface area contributed by atoms with E-state index in [2.05, 4.69) is 56.4 Å². The zero-order valence-electron chi connectivity index (χ0n) is 10.4. The summed E-state index contributed by atoms with van der Waals surface area (Å²) in [5, 5.41) is 4.78. The van der Waals surface area contributed by atoms with Gasteiger partial charge in [-0.15, -0.1) is 11.3 Å². The van der Waals surface area contributed by atoms with Crippen LogP contribution in [0.5, 0.6) is 0 Å². The van der Waals surface area contributed by atoms with E-state index in [1.807, 2.05) is 18.4 Å². The zero-order chi connectivity index (χ0) is 11.8. The van der Waals surface area contributed by atoms with Crippen molar-refractivity contribution in [2.75, 3.05) is 7.05 Å². The van der Waals surface area contributed by atoms with Gasteiger partial charge in [-0.3, -0.25) is 0 Å². The summed E-state index contributed by atoms with van der Waals surface area (Å²) >= 11 is 1.89. The summed E-state index contributed by atoms with van der Waals surface area (Å²) in [7, 11) is 2.04. The van der Waals surface area contributed by atoms with Gasteiger partial charge in [0, 0.05) is 15.6 Å². The first-order chi connectivity index (χ1) is 7.52. The normalized spacial score (nSPS) is 14.2. The van der Waals surface area contributed by atoms with Gasteiger partial charge in [0.15, 0.2) is 0 Å². The standard InChI is InChI=1S/C14H19NS/c1-14(2,3)13(15-4)12-9-10-7-5-6-8-11(10)16-12/h5-9,13,15H,1-4H3. The molecule has 1 aromatic heterocycles. The van der Waals surface area contributed by atoms with Crippen LogP contribution in [-0.4, -0.2) is 7.05 Å². The molecule has 0 aliphatic carbocycles. The van der Waals surface area contributed by atoms with Crippen molar-refractivity contribution in [2.24, 2.45) is 5.41 Å². The Labute approximate surface area is 101 Å². The summed E-state index contributed by atoms with van der Waals surface area (Å²) in [4.78, 5) is 1.43. The number of hydrogen-bond donors (Lipinski definition) is 1. The summed E-state index contributed by atoms with van der Waals surface area (Å²) in [6.07, 6.45) is 0. The lowest BCUT2D eigenvalue weighted by atomic mass is 9.86.